The van der Waals surface area contributed by atoms with Gasteiger partial charge in [0.15, 0.2) is 0 Å². The van der Waals surface area contributed by atoms with E-state index < -0.39 is 0 Å². The number of rotatable bonds is 7. The van der Waals surface area contributed by atoms with E-state index >= 15 is 0 Å². The molecule has 6 heteroatoms. The maximum Gasteiger partial charge on any atom is 0.224 e. The van der Waals surface area contributed by atoms with Crippen LogP contribution < -0.4 is 5.32 Å². The van der Waals surface area contributed by atoms with E-state index in [2.05, 4.69) is 41.4 Å². The van der Waals surface area contributed by atoms with Gasteiger partial charge >= 0.3 is 0 Å². The number of benzene rings is 1. The van der Waals surface area contributed by atoms with Gasteiger partial charge in [-0.15, -0.1) is 11.8 Å². The fraction of sp³-hybridized carbons (Fsp3) is 0.286. The first-order valence-electron chi connectivity index (χ1n) is 8.98. The van der Waals surface area contributed by atoms with Gasteiger partial charge in [0.25, 0.3) is 0 Å². The summed E-state index contributed by atoms with van der Waals surface area (Å²) in [5.74, 6) is -0.00991. The van der Waals surface area contributed by atoms with Crippen molar-refractivity contribution in [3.8, 4) is 11.4 Å². The molecule has 2 heterocycles. The van der Waals surface area contributed by atoms with Crippen molar-refractivity contribution < 1.29 is 4.79 Å². The highest BCUT2D eigenvalue weighted by Crippen LogP contribution is 2.23. The standard InChI is InChI=1S/C21H24N4OS/c1-15(2)27-18-9-7-16(8-10-18)12-21(26)23-14-17-13-20(25(3)24-17)19-6-4-5-11-22-19/h4-11,13,15H,12,14H2,1-3H3,(H,23,26). The summed E-state index contributed by atoms with van der Waals surface area (Å²) in [4.78, 5) is 17.8. The Morgan fingerprint density at radius 2 is 1.96 bits per heavy atom. The SMILES string of the molecule is CC(C)Sc1ccc(CC(=O)NCc2cc(-c3ccccn3)n(C)n2)cc1. The van der Waals surface area contributed by atoms with Crippen molar-refractivity contribution in [2.75, 3.05) is 0 Å². The lowest BCUT2D eigenvalue weighted by atomic mass is 10.1. The number of nitrogens with one attached hydrogen (secondary N) is 1. The number of carbonyl (C=O) groups excluding carboxylic acids is 1. The molecular weight excluding hydrogens is 356 g/mol. The van der Waals surface area contributed by atoms with Gasteiger partial charge < -0.3 is 5.32 Å². The Balaban J connectivity index is 1.55. The molecule has 0 radical (unpaired) electrons. The summed E-state index contributed by atoms with van der Waals surface area (Å²) in [5, 5.41) is 7.96. The van der Waals surface area contributed by atoms with Crippen molar-refractivity contribution in [3.63, 3.8) is 0 Å². The second-order valence-electron chi connectivity index (χ2n) is 6.62. The molecule has 27 heavy (non-hydrogen) atoms. The van der Waals surface area contributed by atoms with Gasteiger partial charge in [-0.1, -0.05) is 32.0 Å². The molecule has 5 nitrogen and oxygen atoms in total. The van der Waals surface area contributed by atoms with Crippen LogP contribution in [0.15, 0.2) is 59.6 Å². The van der Waals surface area contributed by atoms with Crippen LogP contribution in [-0.4, -0.2) is 25.9 Å². The first kappa shape index (κ1) is 19.2. The van der Waals surface area contributed by atoms with Crippen LogP contribution in [-0.2, 0) is 24.8 Å². The second-order valence-corrected chi connectivity index (χ2v) is 8.27. The summed E-state index contributed by atoms with van der Waals surface area (Å²) < 4.78 is 1.79. The third-order valence-electron chi connectivity index (χ3n) is 3.98. The van der Waals surface area contributed by atoms with E-state index in [9.17, 15) is 4.79 Å². The topological polar surface area (TPSA) is 59.8 Å². The molecule has 2 aromatic heterocycles. The van der Waals surface area contributed by atoms with Crippen molar-refractivity contribution in [2.45, 2.75) is 37.0 Å². The largest absolute Gasteiger partial charge is 0.350 e. The number of amides is 1. The van der Waals surface area contributed by atoms with Crippen LogP contribution in [0.2, 0.25) is 0 Å². The van der Waals surface area contributed by atoms with Crippen LogP contribution >= 0.6 is 11.8 Å². The van der Waals surface area contributed by atoms with Crippen LogP contribution in [0.4, 0.5) is 0 Å². The highest BCUT2D eigenvalue weighted by atomic mass is 32.2. The van der Waals surface area contributed by atoms with Crippen molar-refractivity contribution in [2.24, 2.45) is 7.05 Å². The Morgan fingerprint density at radius 3 is 2.63 bits per heavy atom. The van der Waals surface area contributed by atoms with E-state index in [4.69, 9.17) is 0 Å². The number of hydrogen-bond donors (Lipinski definition) is 1. The lowest BCUT2D eigenvalue weighted by Gasteiger charge is -2.07. The second kappa shape index (κ2) is 8.86. The van der Waals surface area contributed by atoms with Gasteiger partial charge in [0, 0.05) is 23.4 Å². The molecule has 3 rings (SSSR count). The Labute approximate surface area is 164 Å². The zero-order valence-electron chi connectivity index (χ0n) is 15.8. The number of pyridine rings is 1. The Morgan fingerprint density at radius 1 is 1.19 bits per heavy atom. The summed E-state index contributed by atoms with van der Waals surface area (Å²) in [6.45, 7) is 4.74. The van der Waals surface area contributed by atoms with E-state index in [0.717, 1.165) is 22.6 Å². The van der Waals surface area contributed by atoms with E-state index in [1.165, 1.54) is 4.90 Å². The lowest BCUT2D eigenvalue weighted by Crippen LogP contribution is -2.24. The molecule has 0 unspecified atom stereocenters. The van der Waals surface area contributed by atoms with Crippen LogP contribution in [0, 0.1) is 0 Å². The highest BCUT2D eigenvalue weighted by Gasteiger charge is 2.10. The van der Waals surface area contributed by atoms with E-state index in [-0.39, 0.29) is 5.91 Å². The number of hydrogen-bond acceptors (Lipinski definition) is 4. The Hall–Kier alpha value is -2.60. The molecule has 1 aromatic carbocycles. The molecule has 0 aliphatic rings. The first-order valence-corrected chi connectivity index (χ1v) is 9.86. The van der Waals surface area contributed by atoms with Crippen LogP contribution in [0.3, 0.4) is 0 Å². The van der Waals surface area contributed by atoms with Gasteiger partial charge in [-0.2, -0.15) is 5.10 Å². The van der Waals surface area contributed by atoms with Crippen molar-refractivity contribution in [3.05, 3.63) is 66.0 Å². The molecular formula is C21H24N4OS. The number of thioether (sulfide) groups is 1. The van der Waals surface area contributed by atoms with Gasteiger partial charge in [-0.05, 0) is 35.9 Å². The molecule has 140 valence electrons. The zero-order chi connectivity index (χ0) is 19.2. The summed E-state index contributed by atoms with van der Waals surface area (Å²) in [6, 6.07) is 15.9. The molecule has 0 aliphatic heterocycles. The average molecular weight is 381 g/mol. The predicted octanol–water partition coefficient (Wildman–Crippen LogP) is 3.84. The molecule has 3 aromatic rings. The first-order chi connectivity index (χ1) is 13.0. The number of aryl methyl sites for hydroxylation is 1. The normalized spacial score (nSPS) is 11.0. The molecule has 0 saturated heterocycles. The Bertz CT molecular complexity index is 888. The lowest BCUT2D eigenvalue weighted by molar-refractivity contribution is -0.120. The molecule has 0 bridgehead atoms. The van der Waals surface area contributed by atoms with Gasteiger partial charge in [0.2, 0.25) is 5.91 Å². The van der Waals surface area contributed by atoms with Crippen LogP contribution in [0.5, 0.6) is 0 Å². The number of nitrogens with zero attached hydrogens (tertiary/aromatic N) is 3. The molecule has 0 atom stereocenters. The minimum absolute atomic E-state index is 0.00991. The molecule has 0 spiro atoms. The van der Waals surface area contributed by atoms with Crippen molar-refractivity contribution in [1.29, 1.82) is 0 Å². The minimum Gasteiger partial charge on any atom is -0.350 e. The quantitative estimate of drug-likeness (QED) is 0.633. The summed E-state index contributed by atoms with van der Waals surface area (Å²) in [5.41, 5.74) is 3.62. The van der Waals surface area contributed by atoms with Crippen molar-refractivity contribution in [1.82, 2.24) is 20.1 Å². The third kappa shape index (κ3) is 5.44. The average Bonchev–Trinajstić information content (AvgIpc) is 3.03. The molecule has 0 saturated carbocycles. The number of carbonyl (C=O) groups is 1. The molecule has 0 aliphatic carbocycles. The summed E-state index contributed by atoms with van der Waals surface area (Å²) in [6.07, 6.45) is 2.13. The van der Waals surface area contributed by atoms with Gasteiger partial charge in [0.05, 0.1) is 30.0 Å². The summed E-state index contributed by atoms with van der Waals surface area (Å²) in [7, 11) is 1.88. The minimum atomic E-state index is -0.00991. The fourth-order valence-electron chi connectivity index (χ4n) is 2.76. The zero-order valence-corrected chi connectivity index (χ0v) is 16.7. The maximum atomic E-state index is 12.2. The predicted molar refractivity (Wildman–Crippen MR) is 109 cm³/mol. The fourth-order valence-corrected chi connectivity index (χ4v) is 3.60. The van der Waals surface area contributed by atoms with Crippen molar-refractivity contribution >= 4 is 17.7 Å². The smallest absolute Gasteiger partial charge is 0.224 e. The molecule has 0 fully saturated rings. The van der Waals surface area contributed by atoms with Crippen LogP contribution in [0.25, 0.3) is 11.4 Å². The Kier molecular flexibility index (Phi) is 6.29. The van der Waals surface area contributed by atoms with Gasteiger partial charge in [0.1, 0.15) is 0 Å². The highest BCUT2D eigenvalue weighted by molar-refractivity contribution is 7.99. The maximum absolute atomic E-state index is 12.2. The molecule has 1 amide bonds. The van der Waals surface area contributed by atoms with E-state index in [0.29, 0.717) is 18.2 Å². The monoisotopic (exact) mass is 380 g/mol. The van der Waals surface area contributed by atoms with E-state index in [1.54, 1.807) is 10.9 Å². The third-order valence-corrected chi connectivity index (χ3v) is 5.00. The van der Waals surface area contributed by atoms with Gasteiger partial charge in [-0.25, -0.2) is 0 Å². The van der Waals surface area contributed by atoms with Crippen LogP contribution in [0.1, 0.15) is 25.1 Å². The summed E-state index contributed by atoms with van der Waals surface area (Å²) >= 11 is 1.82. The van der Waals surface area contributed by atoms with E-state index in [1.807, 2.05) is 55.2 Å². The number of aromatic nitrogens is 3. The van der Waals surface area contributed by atoms with Gasteiger partial charge in [-0.3, -0.25) is 14.5 Å². The molecule has 1 N–H and O–H groups in total.